The van der Waals surface area contributed by atoms with Crippen molar-refractivity contribution >= 4 is 37.9 Å². The van der Waals surface area contributed by atoms with E-state index in [1.165, 1.54) is 48.5 Å². The van der Waals surface area contributed by atoms with Gasteiger partial charge in [0.2, 0.25) is 0 Å². The van der Waals surface area contributed by atoms with Crippen LogP contribution in [-0.4, -0.2) is 9.97 Å². The van der Waals surface area contributed by atoms with Crippen molar-refractivity contribution in [3.05, 3.63) is 88.6 Å². The van der Waals surface area contributed by atoms with Gasteiger partial charge in [0.05, 0.1) is 16.9 Å². The molecule has 198 valence electrons. The number of hydrogen-bond donors (Lipinski definition) is 0. The molecular formula is C36H38N2S. The topological polar surface area (TPSA) is 25.8 Å². The van der Waals surface area contributed by atoms with Crippen LogP contribution in [0, 0.1) is 5.92 Å². The highest BCUT2D eigenvalue weighted by molar-refractivity contribution is 7.19. The summed E-state index contributed by atoms with van der Waals surface area (Å²) in [7, 11) is 0. The van der Waals surface area contributed by atoms with Crippen LogP contribution in [0.1, 0.15) is 77.1 Å². The van der Waals surface area contributed by atoms with E-state index < -0.39 is 0 Å². The van der Waals surface area contributed by atoms with E-state index in [2.05, 4.69) is 110 Å². The maximum absolute atomic E-state index is 5.37. The maximum Gasteiger partial charge on any atom is 0.0739 e. The van der Waals surface area contributed by atoms with Gasteiger partial charge in [-0.25, -0.2) is 0 Å². The number of allylic oxidation sites excluding steroid dienone is 2. The molecule has 0 unspecified atom stereocenters. The van der Waals surface area contributed by atoms with Gasteiger partial charge >= 0.3 is 0 Å². The monoisotopic (exact) mass is 530 g/mol. The van der Waals surface area contributed by atoms with E-state index in [0.717, 1.165) is 28.6 Å². The lowest BCUT2D eigenvalue weighted by molar-refractivity contribution is 0.595. The predicted molar refractivity (Wildman–Crippen MR) is 170 cm³/mol. The highest BCUT2D eigenvalue weighted by Crippen LogP contribution is 2.46. The summed E-state index contributed by atoms with van der Waals surface area (Å²) in [5.74, 6) is 0.661. The molecular weight excluding hydrogens is 492 g/mol. The summed E-state index contributed by atoms with van der Waals surface area (Å²) in [4.78, 5) is 11.6. The van der Waals surface area contributed by atoms with Crippen LogP contribution >= 0.6 is 11.3 Å². The van der Waals surface area contributed by atoms with Crippen LogP contribution < -0.4 is 0 Å². The minimum atomic E-state index is -0.118. The first-order valence-corrected chi connectivity index (χ1v) is 14.9. The van der Waals surface area contributed by atoms with E-state index in [-0.39, 0.29) is 10.8 Å². The number of aromatic nitrogens is 2. The highest BCUT2D eigenvalue weighted by Gasteiger charge is 2.33. The molecule has 39 heavy (non-hydrogen) atoms. The average molecular weight is 531 g/mol. The third kappa shape index (κ3) is 4.61. The molecule has 0 amide bonds. The number of hydrogen-bond acceptors (Lipinski definition) is 3. The molecule has 0 spiro atoms. The van der Waals surface area contributed by atoms with Crippen molar-refractivity contribution in [1.82, 2.24) is 9.97 Å². The van der Waals surface area contributed by atoms with Crippen LogP contribution in [0.25, 0.3) is 48.9 Å². The highest BCUT2D eigenvalue weighted by atomic mass is 32.1. The Labute approximate surface area is 236 Å². The standard InChI is InChI=1S/C36H38N2S/c1-21(2)14-27-16-24-12-11-23(18-31(24)39-27)28-19-30(38-34-32(28)22(3)20-36(34,7)8)26-15-25-10-9-13-37-33(25)29(17-26)35(4,5)6/h9-13,15-21H,14H2,1-8H3. The summed E-state index contributed by atoms with van der Waals surface area (Å²) in [6.07, 6.45) is 5.41. The van der Waals surface area contributed by atoms with Gasteiger partial charge in [-0.1, -0.05) is 72.7 Å². The molecule has 0 fully saturated rings. The Hall–Kier alpha value is -3.30. The predicted octanol–water partition coefficient (Wildman–Crippen LogP) is 10.4. The normalized spacial score (nSPS) is 14.8. The first-order valence-electron chi connectivity index (χ1n) is 14.1. The number of thiophene rings is 1. The molecule has 6 rings (SSSR count). The Kier molecular flexibility index (Phi) is 6.07. The molecule has 3 heterocycles. The fourth-order valence-electron chi connectivity index (χ4n) is 6.14. The second-order valence-electron chi connectivity index (χ2n) is 13.2. The smallest absolute Gasteiger partial charge is 0.0739 e. The van der Waals surface area contributed by atoms with Crippen molar-refractivity contribution in [2.45, 2.75) is 72.6 Å². The van der Waals surface area contributed by atoms with E-state index in [1.807, 2.05) is 23.6 Å². The van der Waals surface area contributed by atoms with Crippen molar-refractivity contribution in [3.63, 3.8) is 0 Å². The van der Waals surface area contributed by atoms with Gasteiger partial charge < -0.3 is 0 Å². The van der Waals surface area contributed by atoms with E-state index in [0.29, 0.717) is 5.92 Å². The maximum atomic E-state index is 5.37. The van der Waals surface area contributed by atoms with Gasteiger partial charge in [-0.2, -0.15) is 0 Å². The van der Waals surface area contributed by atoms with E-state index in [9.17, 15) is 0 Å². The lowest BCUT2D eigenvalue weighted by Gasteiger charge is -2.23. The molecule has 2 aromatic carbocycles. The fraction of sp³-hybridized carbons (Fsp3) is 0.333. The molecule has 0 aliphatic heterocycles. The average Bonchev–Trinajstić information content (AvgIpc) is 3.37. The van der Waals surface area contributed by atoms with Crippen molar-refractivity contribution in [2.24, 2.45) is 5.92 Å². The van der Waals surface area contributed by atoms with Crippen molar-refractivity contribution < 1.29 is 0 Å². The summed E-state index contributed by atoms with van der Waals surface area (Å²) in [5, 5.41) is 2.50. The van der Waals surface area contributed by atoms with Gasteiger partial charge in [-0.05, 0) is 88.7 Å². The number of rotatable bonds is 4. The molecule has 0 saturated carbocycles. The Balaban J connectivity index is 1.59. The summed E-state index contributed by atoms with van der Waals surface area (Å²) >= 11 is 1.94. The molecule has 0 N–H and O–H groups in total. The van der Waals surface area contributed by atoms with E-state index in [4.69, 9.17) is 9.97 Å². The Bertz CT molecular complexity index is 1780. The molecule has 1 aliphatic carbocycles. The van der Waals surface area contributed by atoms with Gasteiger partial charge in [0.15, 0.2) is 0 Å². The Morgan fingerprint density at radius 1 is 0.923 bits per heavy atom. The molecule has 3 heteroatoms. The number of nitrogens with zero attached hydrogens (tertiary/aromatic N) is 2. The zero-order chi connectivity index (χ0) is 27.7. The summed E-state index contributed by atoms with van der Waals surface area (Å²) in [5.41, 5.74) is 10.7. The molecule has 2 nitrogen and oxygen atoms in total. The van der Waals surface area contributed by atoms with Crippen LogP contribution in [0.2, 0.25) is 0 Å². The lowest BCUT2D eigenvalue weighted by atomic mass is 9.83. The molecule has 3 aromatic heterocycles. The second-order valence-corrected chi connectivity index (χ2v) is 14.4. The summed E-state index contributed by atoms with van der Waals surface area (Å²) < 4.78 is 1.36. The molecule has 0 radical (unpaired) electrons. The minimum Gasteiger partial charge on any atom is -0.256 e. The summed E-state index contributed by atoms with van der Waals surface area (Å²) in [6.45, 7) is 18.2. The first kappa shape index (κ1) is 26.0. The van der Waals surface area contributed by atoms with Crippen LogP contribution in [-0.2, 0) is 17.3 Å². The molecule has 5 aromatic rings. The van der Waals surface area contributed by atoms with Crippen molar-refractivity contribution in [3.8, 4) is 22.4 Å². The SMILES string of the molecule is CC1=CC(C)(C)c2nc(-c3cc(C(C)(C)C)c4ncccc4c3)cc(-c3ccc4cc(CC(C)C)sc4c3)c21. The van der Waals surface area contributed by atoms with Crippen LogP contribution in [0.15, 0.2) is 66.9 Å². The van der Waals surface area contributed by atoms with E-state index >= 15 is 0 Å². The second kappa shape index (κ2) is 9.13. The number of benzene rings is 2. The lowest BCUT2D eigenvalue weighted by Crippen LogP contribution is -2.15. The molecule has 1 aliphatic rings. The van der Waals surface area contributed by atoms with Gasteiger partial charge in [0.25, 0.3) is 0 Å². The van der Waals surface area contributed by atoms with E-state index in [1.54, 1.807) is 0 Å². The van der Waals surface area contributed by atoms with Gasteiger partial charge in [0.1, 0.15) is 0 Å². The molecule has 0 atom stereocenters. The van der Waals surface area contributed by atoms with Gasteiger partial charge in [-0.3, -0.25) is 9.97 Å². The van der Waals surface area contributed by atoms with Gasteiger partial charge in [-0.15, -0.1) is 11.3 Å². The van der Waals surface area contributed by atoms with Crippen LogP contribution in [0.5, 0.6) is 0 Å². The van der Waals surface area contributed by atoms with Crippen LogP contribution in [0.4, 0.5) is 0 Å². The zero-order valence-electron chi connectivity index (χ0n) is 24.4. The number of fused-ring (bicyclic) bond motifs is 3. The van der Waals surface area contributed by atoms with Crippen LogP contribution in [0.3, 0.4) is 0 Å². The Morgan fingerprint density at radius 2 is 1.72 bits per heavy atom. The third-order valence-corrected chi connectivity index (χ3v) is 9.02. The minimum absolute atomic E-state index is 0.0303. The van der Waals surface area contributed by atoms with Crippen molar-refractivity contribution in [2.75, 3.05) is 0 Å². The van der Waals surface area contributed by atoms with Crippen molar-refractivity contribution in [1.29, 1.82) is 0 Å². The molecule has 0 saturated heterocycles. The summed E-state index contributed by atoms with van der Waals surface area (Å²) in [6, 6.07) is 20.5. The molecule has 0 bridgehead atoms. The largest absolute Gasteiger partial charge is 0.256 e. The zero-order valence-corrected chi connectivity index (χ0v) is 25.3. The Morgan fingerprint density at radius 3 is 2.46 bits per heavy atom. The fourth-order valence-corrected chi connectivity index (χ4v) is 7.45. The van der Waals surface area contributed by atoms with Gasteiger partial charge in [0, 0.05) is 37.7 Å². The third-order valence-electron chi connectivity index (χ3n) is 7.90. The number of pyridine rings is 2. The quantitative estimate of drug-likeness (QED) is 0.231. The first-order chi connectivity index (χ1) is 18.4.